The third kappa shape index (κ3) is 7.92. The van der Waals surface area contributed by atoms with E-state index < -0.39 is 5.60 Å². The average molecular weight is 499 g/mol. The number of ether oxygens (including phenoxy) is 1. The minimum atomic E-state index is -0.500. The molecule has 0 aromatic heterocycles. The number of alkyl carbamates (subject to hydrolysis) is 1. The van der Waals surface area contributed by atoms with Crippen LogP contribution in [0.4, 0.5) is 4.79 Å². The molecule has 2 N–H and O–H groups in total. The molecule has 1 aliphatic heterocycles. The summed E-state index contributed by atoms with van der Waals surface area (Å²) >= 11 is 0. The second-order valence-corrected chi connectivity index (χ2v) is 7.56. The number of likely N-dealkylation sites (tertiary alicyclic amines) is 1. The number of halogens is 1. The average Bonchev–Trinajstić information content (AvgIpc) is 3.05. The zero-order valence-corrected chi connectivity index (χ0v) is 19.3. The summed E-state index contributed by atoms with van der Waals surface area (Å²) in [5.41, 5.74) is 1.19. The van der Waals surface area contributed by atoms with Gasteiger partial charge in [0.05, 0.1) is 24.2 Å². The highest BCUT2D eigenvalue weighted by Crippen LogP contribution is 2.13. The Bertz CT molecular complexity index is 707. The number of aliphatic imine (C=N–C) groups is 1. The molecule has 1 saturated heterocycles. The highest BCUT2D eigenvalue weighted by atomic mass is 127. The molecule has 0 bridgehead atoms. The van der Waals surface area contributed by atoms with Gasteiger partial charge < -0.3 is 20.3 Å². The van der Waals surface area contributed by atoms with Gasteiger partial charge in [0.15, 0.2) is 5.96 Å². The first-order valence-corrected chi connectivity index (χ1v) is 9.32. The number of rotatable bonds is 4. The number of benzene rings is 1. The van der Waals surface area contributed by atoms with Crippen LogP contribution in [0.1, 0.15) is 45.2 Å². The summed E-state index contributed by atoms with van der Waals surface area (Å²) in [6, 6.07) is 9.60. The Balaban J connectivity index is 0.00000392. The SMILES string of the molecule is CCNC(=NCc1ccc(C#N)cc1)N1CCC(NC(=O)OC(C)(C)C)C1.I. The molecule has 2 rings (SSSR count). The minimum absolute atomic E-state index is 0. The van der Waals surface area contributed by atoms with Gasteiger partial charge in [-0.15, -0.1) is 24.0 Å². The topological polar surface area (TPSA) is 89.8 Å². The molecule has 0 radical (unpaired) electrons. The molecule has 0 saturated carbocycles. The molecule has 0 aliphatic carbocycles. The van der Waals surface area contributed by atoms with E-state index in [0.29, 0.717) is 18.7 Å². The summed E-state index contributed by atoms with van der Waals surface area (Å²) in [4.78, 5) is 18.8. The molecule has 1 heterocycles. The largest absolute Gasteiger partial charge is 0.444 e. The lowest BCUT2D eigenvalue weighted by Crippen LogP contribution is -2.44. The van der Waals surface area contributed by atoms with Crippen LogP contribution in [0.3, 0.4) is 0 Å². The number of nitriles is 1. The van der Waals surface area contributed by atoms with Crippen molar-refractivity contribution < 1.29 is 9.53 Å². The van der Waals surface area contributed by atoms with Crippen molar-refractivity contribution in [3.63, 3.8) is 0 Å². The molecule has 1 fully saturated rings. The first kappa shape index (κ1) is 24.0. The number of carbonyl (C=O) groups excluding carboxylic acids is 1. The Hall–Kier alpha value is -2.02. The first-order chi connectivity index (χ1) is 12.8. The van der Waals surface area contributed by atoms with Crippen LogP contribution < -0.4 is 10.6 Å². The maximum absolute atomic E-state index is 12.0. The van der Waals surface area contributed by atoms with E-state index in [1.54, 1.807) is 12.1 Å². The third-order valence-corrected chi connectivity index (χ3v) is 4.04. The zero-order valence-electron chi connectivity index (χ0n) is 17.0. The van der Waals surface area contributed by atoms with Crippen LogP contribution in [-0.4, -0.2) is 48.2 Å². The van der Waals surface area contributed by atoms with Gasteiger partial charge >= 0.3 is 6.09 Å². The van der Waals surface area contributed by atoms with Gasteiger partial charge in [-0.25, -0.2) is 9.79 Å². The van der Waals surface area contributed by atoms with Crippen molar-refractivity contribution in [1.82, 2.24) is 15.5 Å². The Labute approximate surface area is 184 Å². The van der Waals surface area contributed by atoms with Gasteiger partial charge in [0, 0.05) is 19.6 Å². The summed E-state index contributed by atoms with van der Waals surface area (Å²) < 4.78 is 5.33. The van der Waals surface area contributed by atoms with Gasteiger partial charge in [0.2, 0.25) is 0 Å². The summed E-state index contributed by atoms with van der Waals surface area (Å²) in [6.45, 7) is 10.4. The lowest BCUT2D eigenvalue weighted by molar-refractivity contribution is 0.0507. The van der Waals surface area contributed by atoms with Gasteiger partial charge in [-0.2, -0.15) is 5.26 Å². The summed E-state index contributed by atoms with van der Waals surface area (Å²) in [6.07, 6.45) is 0.467. The van der Waals surface area contributed by atoms with Gasteiger partial charge in [0.25, 0.3) is 0 Å². The summed E-state index contributed by atoms with van der Waals surface area (Å²) in [5, 5.41) is 15.1. The van der Waals surface area contributed by atoms with Gasteiger partial charge in [-0.1, -0.05) is 12.1 Å². The van der Waals surface area contributed by atoms with E-state index in [0.717, 1.165) is 31.0 Å². The quantitative estimate of drug-likeness (QED) is 0.377. The number of amides is 1. The van der Waals surface area contributed by atoms with Crippen LogP contribution in [0.25, 0.3) is 0 Å². The molecule has 1 aliphatic rings. The van der Waals surface area contributed by atoms with Gasteiger partial charge in [0.1, 0.15) is 5.60 Å². The molecular formula is C20H30IN5O2. The molecule has 0 spiro atoms. The van der Waals surface area contributed by atoms with Crippen molar-refractivity contribution in [2.45, 2.75) is 52.3 Å². The Morgan fingerprint density at radius 1 is 1.36 bits per heavy atom. The molecule has 1 aromatic rings. The van der Waals surface area contributed by atoms with Crippen LogP contribution in [-0.2, 0) is 11.3 Å². The van der Waals surface area contributed by atoms with Crippen LogP contribution >= 0.6 is 24.0 Å². The van der Waals surface area contributed by atoms with Crippen LogP contribution in [0, 0.1) is 11.3 Å². The molecule has 7 nitrogen and oxygen atoms in total. The molecule has 1 unspecified atom stereocenters. The van der Waals surface area contributed by atoms with Gasteiger partial charge in [-0.05, 0) is 51.8 Å². The van der Waals surface area contributed by atoms with Crippen molar-refractivity contribution in [3.8, 4) is 6.07 Å². The fourth-order valence-corrected chi connectivity index (χ4v) is 2.82. The van der Waals surface area contributed by atoms with Crippen molar-refractivity contribution in [3.05, 3.63) is 35.4 Å². The first-order valence-electron chi connectivity index (χ1n) is 9.32. The zero-order chi connectivity index (χ0) is 19.9. The normalized spacial score (nSPS) is 16.8. The van der Waals surface area contributed by atoms with E-state index in [9.17, 15) is 4.79 Å². The number of nitrogens with one attached hydrogen (secondary N) is 2. The number of hydrogen-bond donors (Lipinski definition) is 2. The predicted octanol–water partition coefficient (Wildman–Crippen LogP) is 3.24. The van der Waals surface area contributed by atoms with E-state index >= 15 is 0 Å². The van der Waals surface area contributed by atoms with Gasteiger partial charge in [-0.3, -0.25) is 0 Å². The molecule has 1 aromatic carbocycles. The number of hydrogen-bond acceptors (Lipinski definition) is 4. The number of carbonyl (C=O) groups is 1. The van der Waals surface area contributed by atoms with E-state index in [4.69, 9.17) is 15.0 Å². The molecule has 1 amide bonds. The van der Waals surface area contributed by atoms with Crippen molar-refractivity contribution in [2.24, 2.45) is 4.99 Å². The summed E-state index contributed by atoms with van der Waals surface area (Å²) in [5.74, 6) is 0.829. The Kier molecular flexibility index (Phi) is 9.52. The van der Waals surface area contributed by atoms with E-state index in [-0.39, 0.29) is 36.1 Å². The van der Waals surface area contributed by atoms with Crippen LogP contribution in [0.2, 0.25) is 0 Å². The van der Waals surface area contributed by atoms with Crippen molar-refractivity contribution in [1.29, 1.82) is 5.26 Å². The molecular weight excluding hydrogens is 469 g/mol. The second-order valence-electron chi connectivity index (χ2n) is 7.56. The minimum Gasteiger partial charge on any atom is -0.444 e. The van der Waals surface area contributed by atoms with E-state index in [1.165, 1.54) is 0 Å². The Morgan fingerprint density at radius 2 is 2.04 bits per heavy atom. The number of nitrogens with zero attached hydrogens (tertiary/aromatic N) is 3. The molecule has 1 atom stereocenters. The maximum atomic E-state index is 12.0. The lowest BCUT2D eigenvalue weighted by atomic mass is 10.1. The van der Waals surface area contributed by atoms with E-state index in [2.05, 4.69) is 21.6 Å². The van der Waals surface area contributed by atoms with Crippen molar-refractivity contribution in [2.75, 3.05) is 19.6 Å². The molecule has 154 valence electrons. The highest BCUT2D eigenvalue weighted by molar-refractivity contribution is 14.0. The predicted molar refractivity (Wildman–Crippen MR) is 121 cm³/mol. The smallest absolute Gasteiger partial charge is 0.407 e. The standard InChI is InChI=1S/C20H29N5O2.HI/c1-5-22-18(23-13-16-8-6-15(12-21)7-9-16)25-11-10-17(14-25)24-19(26)27-20(2,3)4;/h6-9,17H,5,10-11,13-14H2,1-4H3,(H,22,23)(H,24,26);1H. The highest BCUT2D eigenvalue weighted by Gasteiger charge is 2.27. The molecule has 8 heteroatoms. The second kappa shape index (κ2) is 11.1. The third-order valence-electron chi connectivity index (χ3n) is 4.04. The molecule has 28 heavy (non-hydrogen) atoms. The van der Waals surface area contributed by atoms with Crippen LogP contribution in [0.5, 0.6) is 0 Å². The van der Waals surface area contributed by atoms with Crippen LogP contribution in [0.15, 0.2) is 29.3 Å². The summed E-state index contributed by atoms with van der Waals surface area (Å²) in [7, 11) is 0. The Morgan fingerprint density at radius 3 is 2.61 bits per heavy atom. The fourth-order valence-electron chi connectivity index (χ4n) is 2.82. The maximum Gasteiger partial charge on any atom is 0.407 e. The van der Waals surface area contributed by atoms with E-state index in [1.807, 2.05) is 39.8 Å². The van der Waals surface area contributed by atoms with Crippen molar-refractivity contribution >= 4 is 36.0 Å². The lowest BCUT2D eigenvalue weighted by Gasteiger charge is -2.23. The fraction of sp³-hybridized carbons (Fsp3) is 0.550. The number of guanidine groups is 1. The monoisotopic (exact) mass is 499 g/mol.